The predicted octanol–water partition coefficient (Wildman–Crippen LogP) is 2.74. The van der Waals surface area contributed by atoms with Crippen LogP contribution in [0, 0.1) is 0 Å². The topological polar surface area (TPSA) is 61.8 Å². The molecule has 0 bridgehead atoms. The number of aldehydes is 1. The zero-order valence-electron chi connectivity index (χ0n) is 11.7. The van der Waals surface area contributed by atoms with E-state index in [0.29, 0.717) is 23.3 Å². The molecule has 0 saturated heterocycles. The van der Waals surface area contributed by atoms with Crippen LogP contribution >= 0.6 is 0 Å². The quantitative estimate of drug-likeness (QED) is 0.480. The van der Waals surface area contributed by atoms with E-state index in [-0.39, 0.29) is 11.3 Å². The van der Waals surface area contributed by atoms with Crippen molar-refractivity contribution >= 4 is 12.3 Å². The van der Waals surface area contributed by atoms with Gasteiger partial charge in [-0.25, -0.2) is 4.79 Å². The van der Waals surface area contributed by atoms with Gasteiger partial charge in [-0.3, -0.25) is 4.79 Å². The molecule has 0 heterocycles. The minimum Gasteiger partial charge on any atom is -0.497 e. The van der Waals surface area contributed by atoms with E-state index in [2.05, 4.69) is 0 Å². The molecule has 0 N–H and O–H groups in total. The number of esters is 1. The highest BCUT2D eigenvalue weighted by Crippen LogP contribution is 2.25. The normalized spacial score (nSPS) is 9.81. The summed E-state index contributed by atoms with van der Waals surface area (Å²) in [5.74, 6) is 0.613. The Morgan fingerprint density at radius 2 is 1.71 bits per heavy atom. The Morgan fingerprint density at radius 3 is 2.38 bits per heavy atom. The summed E-state index contributed by atoms with van der Waals surface area (Å²) in [6.07, 6.45) is 0.619. The van der Waals surface area contributed by atoms with Crippen molar-refractivity contribution in [3.05, 3.63) is 53.6 Å². The number of carbonyl (C=O) groups is 2. The van der Waals surface area contributed by atoms with Gasteiger partial charge in [-0.2, -0.15) is 0 Å². The number of rotatable bonds is 5. The molecule has 0 atom stereocenters. The third kappa shape index (κ3) is 3.39. The average molecular weight is 286 g/mol. The van der Waals surface area contributed by atoms with Crippen LogP contribution in [0.25, 0.3) is 0 Å². The van der Waals surface area contributed by atoms with Crippen molar-refractivity contribution in [1.82, 2.24) is 0 Å². The monoisotopic (exact) mass is 286 g/mol. The molecule has 0 radical (unpaired) electrons. The molecular formula is C16H14O5. The van der Waals surface area contributed by atoms with E-state index < -0.39 is 5.97 Å². The van der Waals surface area contributed by atoms with Gasteiger partial charge in [0.25, 0.3) is 0 Å². The van der Waals surface area contributed by atoms with Gasteiger partial charge in [-0.05, 0) is 30.3 Å². The zero-order chi connectivity index (χ0) is 15.2. The highest BCUT2D eigenvalue weighted by molar-refractivity contribution is 5.93. The molecule has 0 aromatic heterocycles. The molecule has 5 nitrogen and oxygen atoms in total. The number of hydrogen-bond donors (Lipinski definition) is 0. The summed E-state index contributed by atoms with van der Waals surface area (Å²) in [6, 6.07) is 11.2. The lowest BCUT2D eigenvalue weighted by molar-refractivity contribution is 0.0733. The van der Waals surface area contributed by atoms with Gasteiger partial charge >= 0.3 is 5.97 Å². The van der Waals surface area contributed by atoms with Crippen LogP contribution in [0.15, 0.2) is 42.5 Å². The van der Waals surface area contributed by atoms with Gasteiger partial charge in [0.05, 0.1) is 25.3 Å². The summed E-state index contributed by atoms with van der Waals surface area (Å²) < 4.78 is 15.4. The second-order valence-corrected chi connectivity index (χ2v) is 4.14. The molecule has 0 aliphatic heterocycles. The third-order valence-corrected chi connectivity index (χ3v) is 2.86. The van der Waals surface area contributed by atoms with Crippen molar-refractivity contribution in [1.29, 1.82) is 0 Å². The van der Waals surface area contributed by atoms with Crippen LogP contribution in [0.5, 0.6) is 17.2 Å². The van der Waals surface area contributed by atoms with Gasteiger partial charge < -0.3 is 14.2 Å². The Balaban J connectivity index is 2.28. The van der Waals surface area contributed by atoms with E-state index >= 15 is 0 Å². The van der Waals surface area contributed by atoms with Gasteiger partial charge in [0.1, 0.15) is 17.2 Å². The highest BCUT2D eigenvalue weighted by Gasteiger charge is 2.13. The molecular weight excluding hydrogens is 272 g/mol. The highest BCUT2D eigenvalue weighted by atomic mass is 16.5. The fourth-order valence-corrected chi connectivity index (χ4v) is 1.74. The zero-order valence-corrected chi connectivity index (χ0v) is 11.7. The van der Waals surface area contributed by atoms with Crippen molar-refractivity contribution in [2.24, 2.45) is 0 Å². The van der Waals surface area contributed by atoms with Crippen LogP contribution in [0.2, 0.25) is 0 Å². The van der Waals surface area contributed by atoms with E-state index in [1.807, 2.05) is 0 Å². The van der Waals surface area contributed by atoms with E-state index in [0.717, 1.165) is 0 Å². The van der Waals surface area contributed by atoms with Crippen LogP contribution in [-0.2, 0) is 0 Å². The summed E-state index contributed by atoms with van der Waals surface area (Å²) in [5.41, 5.74) is 0.598. The first-order valence-electron chi connectivity index (χ1n) is 6.17. The Kier molecular flexibility index (Phi) is 4.56. The van der Waals surface area contributed by atoms with E-state index in [1.165, 1.54) is 26.4 Å². The molecule has 21 heavy (non-hydrogen) atoms. The minimum absolute atomic E-state index is 0.150. The lowest BCUT2D eigenvalue weighted by Crippen LogP contribution is -2.10. The maximum Gasteiger partial charge on any atom is 0.343 e. The summed E-state index contributed by atoms with van der Waals surface area (Å²) in [5, 5.41) is 0. The molecule has 0 fully saturated rings. The molecule has 0 spiro atoms. The average Bonchev–Trinajstić information content (AvgIpc) is 2.54. The first-order valence-corrected chi connectivity index (χ1v) is 6.17. The number of carbonyl (C=O) groups excluding carboxylic acids is 2. The van der Waals surface area contributed by atoms with Gasteiger partial charge in [-0.15, -0.1) is 0 Å². The first kappa shape index (κ1) is 14.6. The van der Waals surface area contributed by atoms with Gasteiger partial charge in [0, 0.05) is 6.07 Å². The molecule has 0 amide bonds. The van der Waals surface area contributed by atoms with Crippen molar-refractivity contribution < 1.29 is 23.8 Å². The third-order valence-electron chi connectivity index (χ3n) is 2.86. The molecule has 108 valence electrons. The fourth-order valence-electron chi connectivity index (χ4n) is 1.74. The number of ether oxygens (including phenoxy) is 3. The van der Waals surface area contributed by atoms with Crippen molar-refractivity contribution in [2.45, 2.75) is 0 Å². The SMILES string of the molecule is COc1cccc(C(=O)Oc2cc(OC)ccc2C=O)c1. The Labute approximate surface area is 122 Å². The summed E-state index contributed by atoms with van der Waals surface area (Å²) in [4.78, 5) is 23.1. The van der Waals surface area contributed by atoms with Gasteiger partial charge in [-0.1, -0.05) is 6.07 Å². The molecule has 2 aromatic rings. The fraction of sp³-hybridized carbons (Fsp3) is 0.125. The molecule has 0 unspecified atom stereocenters. The Morgan fingerprint density at radius 1 is 1.00 bits per heavy atom. The summed E-state index contributed by atoms with van der Waals surface area (Å²) >= 11 is 0. The van der Waals surface area contributed by atoms with Crippen LogP contribution in [0.4, 0.5) is 0 Å². The largest absolute Gasteiger partial charge is 0.497 e. The molecule has 0 saturated carbocycles. The van der Waals surface area contributed by atoms with Gasteiger partial charge in [0.2, 0.25) is 0 Å². The maximum atomic E-state index is 12.1. The molecule has 2 rings (SSSR count). The van der Waals surface area contributed by atoms with Crippen molar-refractivity contribution in [2.75, 3.05) is 14.2 Å². The van der Waals surface area contributed by atoms with E-state index in [4.69, 9.17) is 14.2 Å². The first-order chi connectivity index (χ1) is 10.2. The number of methoxy groups -OCH3 is 2. The standard InChI is InChI=1S/C16H14O5/c1-19-13-5-3-4-11(8-13)16(18)21-15-9-14(20-2)7-6-12(15)10-17/h3-10H,1-2H3. The maximum absolute atomic E-state index is 12.1. The summed E-state index contributed by atoms with van der Waals surface area (Å²) in [7, 11) is 3.00. The van der Waals surface area contributed by atoms with Gasteiger partial charge in [0.15, 0.2) is 6.29 Å². The molecule has 0 aliphatic carbocycles. The molecule has 0 aliphatic rings. The summed E-state index contributed by atoms with van der Waals surface area (Å²) in [6.45, 7) is 0. The number of benzene rings is 2. The van der Waals surface area contributed by atoms with E-state index in [9.17, 15) is 9.59 Å². The minimum atomic E-state index is -0.578. The second kappa shape index (κ2) is 6.56. The second-order valence-electron chi connectivity index (χ2n) is 4.14. The van der Waals surface area contributed by atoms with Crippen molar-refractivity contribution in [3.8, 4) is 17.2 Å². The molecule has 2 aromatic carbocycles. The Bertz CT molecular complexity index is 663. The van der Waals surface area contributed by atoms with Crippen molar-refractivity contribution in [3.63, 3.8) is 0 Å². The van der Waals surface area contributed by atoms with Crippen LogP contribution in [0.1, 0.15) is 20.7 Å². The smallest absolute Gasteiger partial charge is 0.343 e. The Hall–Kier alpha value is -2.82. The van der Waals surface area contributed by atoms with Crippen LogP contribution in [-0.4, -0.2) is 26.5 Å². The predicted molar refractivity (Wildman–Crippen MR) is 76.3 cm³/mol. The number of hydrogen-bond acceptors (Lipinski definition) is 5. The van der Waals surface area contributed by atoms with Crippen LogP contribution < -0.4 is 14.2 Å². The lowest BCUT2D eigenvalue weighted by atomic mass is 10.2. The molecule has 5 heteroatoms. The van der Waals surface area contributed by atoms with Crippen LogP contribution in [0.3, 0.4) is 0 Å². The van der Waals surface area contributed by atoms with E-state index in [1.54, 1.807) is 30.3 Å². The lowest BCUT2D eigenvalue weighted by Gasteiger charge is -2.09.